The van der Waals surface area contributed by atoms with Crippen LogP contribution in [0.25, 0.3) is 11.3 Å². The Morgan fingerprint density at radius 1 is 1.31 bits per heavy atom. The maximum atomic E-state index is 12.8. The highest BCUT2D eigenvalue weighted by atomic mass is 16.4. The Bertz CT molecular complexity index is 812. The first-order chi connectivity index (χ1) is 12.4. The summed E-state index contributed by atoms with van der Waals surface area (Å²) in [4.78, 5) is 25.4. The maximum absolute atomic E-state index is 12.8. The summed E-state index contributed by atoms with van der Waals surface area (Å²) in [6.45, 7) is 5.41. The Hall–Kier alpha value is -2.63. The molecular formula is C20H25N3O3. The second kappa shape index (κ2) is 7.72. The van der Waals surface area contributed by atoms with Gasteiger partial charge in [0.15, 0.2) is 0 Å². The van der Waals surface area contributed by atoms with Crippen LogP contribution in [0.4, 0.5) is 0 Å². The summed E-state index contributed by atoms with van der Waals surface area (Å²) in [5.74, 6) is -0.584. The van der Waals surface area contributed by atoms with E-state index in [9.17, 15) is 9.59 Å². The molecule has 26 heavy (non-hydrogen) atoms. The standard InChI is InChI=1S/C20H25N3O3/c1-13-5-7-16(14(2)10-13)17-11-18(22-21-17)20(26)23-9-3-4-15(12-23)6-8-19(24)25/h5,7,10-11,15H,3-4,6,8-9,12H2,1-2H3,(H,21,22)(H,24,25). The molecule has 1 aromatic carbocycles. The number of nitrogens with one attached hydrogen (secondary N) is 1. The monoisotopic (exact) mass is 355 g/mol. The molecule has 6 heteroatoms. The number of carbonyl (C=O) groups is 2. The second-order valence-electron chi connectivity index (χ2n) is 7.18. The molecule has 2 N–H and O–H groups in total. The number of nitrogens with zero attached hydrogens (tertiary/aromatic N) is 2. The summed E-state index contributed by atoms with van der Waals surface area (Å²) in [5.41, 5.74) is 4.59. The van der Waals surface area contributed by atoms with Crippen molar-refractivity contribution in [1.82, 2.24) is 15.1 Å². The Balaban J connectivity index is 1.70. The average Bonchev–Trinajstić information content (AvgIpc) is 3.09. The van der Waals surface area contributed by atoms with E-state index in [4.69, 9.17) is 5.11 Å². The SMILES string of the molecule is Cc1ccc(-c2cc(C(=O)N3CCCC(CCC(=O)O)C3)[nH]n2)c(C)c1. The number of H-pyrrole nitrogens is 1. The molecule has 1 aromatic heterocycles. The lowest BCUT2D eigenvalue weighted by molar-refractivity contribution is -0.137. The summed E-state index contributed by atoms with van der Waals surface area (Å²) in [7, 11) is 0. The highest BCUT2D eigenvalue weighted by Crippen LogP contribution is 2.25. The van der Waals surface area contributed by atoms with E-state index in [1.54, 1.807) is 6.07 Å². The summed E-state index contributed by atoms with van der Waals surface area (Å²) in [6, 6.07) is 7.97. The first-order valence-electron chi connectivity index (χ1n) is 9.08. The lowest BCUT2D eigenvalue weighted by atomic mass is 9.93. The van der Waals surface area contributed by atoms with Gasteiger partial charge in [-0.05, 0) is 50.7 Å². The molecule has 1 saturated heterocycles. The van der Waals surface area contributed by atoms with Crippen molar-refractivity contribution in [2.45, 2.75) is 39.5 Å². The van der Waals surface area contributed by atoms with Crippen molar-refractivity contribution in [3.8, 4) is 11.3 Å². The van der Waals surface area contributed by atoms with E-state index < -0.39 is 5.97 Å². The minimum atomic E-state index is -0.778. The lowest BCUT2D eigenvalue weighted by Crippen LogP contribution is -2.40. The molecule has 1 amide bonds. The van der Waals surface area contributed by atoms with Gasteiger partial charge in [0, 0.05) is 25.1 Å². The predicted molar refractivity (Wildman–Crippen MR) is 99.0 cm³/mol. The first kappa shape index (κ1) is 18.2. The van der Waals surface area contributed by atoms with Crippen LogP contribution in [0.2, 0.25) is 0 Å². The van der Waals surface area contributed by atoms with E-state index in [2.05, 4.69) is 16.3 Å². The summed E-state index contributed by atoms with van der Waals surface area (Å²) in [6.07, 6.45) is 2.67. The van der Waals surface area contributed by atoms with Gasteiger partial charge in [-0.3, -0.25) is 14.7 Å². The number of aromatic amines is 1. The van der Waals surface area contributed by atoms with Crippen molar-refractivity contribution in [1.29, 1.82) is 0 Å². The van der Waals surface area contributed by atoms with Crippen molar-refractivity contribution < 1.29 is 14.7 Å². The van der Waals surface area contributed by atoms with Gasteiger partial charge in [0.05, 0.1) is 5.69 Å². The highest BCUT2D eigenvalue weighted by Gasteiger charge is 2.26. The van der Waals surface area contributed by atoms with Crippen LogP contribution in [0.3, 0.4) is 0 Å². The van der Waals surface area contributed by atoms with Crippen molar-refractivity contribution in [2.75, 3.05) is 13.1 Å². The van der Waals surface area contributed by atoms with Gasteiger partial charge in [-0.15, -0.1) is 0 Å². The fourth-order valence-corrected chi connectivity index (χ4v) is 3.65. The molecule has 6 nitrogen and oxygen atoms in total. The number of amides is 1. The Kier molecular flexibility index (Phi) is 5.40. The fraction of sp³-hybridized carbons (Fsp3) is 0.450. The number of aliphatic carboxylic acids is 1. The molecule has 138 valence electrons. The number of likely N-dealkylation sites (tertiary alicyclic amines) is 1. The largest absolute Gasteiger partial charge is 0.481 e. The van der Waals surface area contributed by atoms with Crippen LogP contribution in [0.5, 0.6) is 0 Å². The summed E-state index contributed by atoms with van der Waals surface area (Å²) >= 11 is 0. The van der Waals surface area contributed by atoms with Crippen molar-refractivity contribution in [2.24, 2.45) is 5.92 Å². The van der Waals surface area contributed by atoms with E-state index in [0.717, 1.165) is 29.7 Å². The third-order valence-corrected chi connectivity index (χ3v) is 5.04. The third kappa shape index (κ3) is 4.12. The minimum absolute atomic E-state index is 0.0615. The zero-order valence-corrected chi connectivity index (χ0v) is 15.3. The topological polar surface area (TPSA) is 86.3 Å². The molecule has 1 unspecified atom stereocenters. The number of aromatic nitrogens is 2. The summed E-state index contributed by atoms with van der Waals surface area (Å²) in [5, 5.41) is 16.0. The van der Waals surface area contributed by atoms with Gasteiger partial charge in [-0.1, -0.05) is 23.8 Å². The quantitative estimate of drug-likeness (QED) is 0.860. The minimum Gasteiger partial charge on any atom is -0.481 e. The number of carboxylic acids is 1. The predicted octanol–water partition coefficient (Wildman–Crippen LogP) is 3.41. The van der Waals surface area contributed by atoms with Crippen molar-refractivity contribution in [3.63, 3.8) is 0 Å². The maximum Gasteiger partial charge on any atom is 0.303 e. The highest BCUT2D eigenvalue weighted by molar-refractivity contribution is 5.93. The van der Waals surface area contributed by atoms with Crippen LogP contribution in [0.15, 0.2) is 24.3 Å². The van der Waals surface area contributed by atoms with Gasteiger partial charge >= 0.3 is 5.97 Å². The molecule has 0 radical (unpaired) electrons. The van der Waals surface area contributed by atoms with Crippen LogP contribution in [-0.4, -0.2) is 45.2 Å². The third-order valence-electron chi connectivity index (χ3n) is 5.04. The van der Waals surface area contributed by atoms with Crippen LogP contribution in [0.1, 0.15) is 47.3 Å². The van der Waals surface area contributed by atoms with Gasteiger partial charge in [-0.2, -0.15) is 5.10 Å². The van der Waals surface area contributed by atoms with Gasteiger partial charge < -0.3 is 10.0 Å². The molecule has 1 aliphatic heterocycles. The van der Waals surface area contributed by atoms with Crippen LogP contribution >= 0.6 is 0 Å². The molecule has 0 saturated carbocycles. The van der Waals surface area contributed by atoms with E-state index in [-0.39, 0.29) is 18.2 Å². The molecule has 0 bridgehead atoms. The van der Waals surface area contributed by atoms with Crippen LogP contribution < -0.4 is 0 Å². The summed E-state index contributed by atoms with van der Waals surface area (Å²) < 4.78 is 0. The molecule has 0 spiro atoms. The number of hydrogen-bond acceptors (Lipinski definition) is 3. The number of hydrogen-bond donors (Lipinski definition) is 2. The van der Waals surface area contributed by atoms with Gasteiger partial charge in [0.25, 0.3) is 5.91 Å². The van der Waals surface area contributed by atoms with Crippen LogP contribution in [0, 0.1) is 19.8 Å². The number of benzene rings is 1. The first-order valence-corrected chi connectivity index (χ1v) is 9.08. The number of carboxylic acid groups (broad SMARTS) is 1. The molecule has 2 aromatic rings. The van der Waals surface area contributed by atoms with E-state index >= 15 is 0 Å². The average molecular weight is 355 g/mol. The fourth-order valence-electron chi connectivity index (χ4n) is 3.65. The molecule has 0 aliphatic carbocycles. The molecular weight excluding hydrogens is 330 g/mol. The normalized spacial score (nSPS) is 17.3. The van der Waals surface area contributed by atoms with E-state index in [0.29, 0.717) is 25.2 Å². The Labute approximate surface area is 153 Å². The van der Waals surface area contributed by atoms with Crippen molar-refractivity contribution in [3.05, 3.63) is 41.1 Å². The van der Waals surface area contributed by atoms with Crippen LogP contribution in [-0.2, 0) is 4.79 Å². The molecule has 1 atom stereocenters. The number of piperidine rings is 1. The van der Waals surface area contributed by atoms with E-state index in [1.807, 2.05) is 30.9 Å². The van der Waals surface area contributed by atoms with Gasteiger partial charge in [0.1, 0.15) is 5.69 Å². The molecule has 3 rings (SSSR count). The Morgan fingerprint density at radius 2 is 2.12 bits per heavy atom. The molecule has 2 heterocycles. The van der Waals surface area contributed by atoms with Gasteiger partial charge in [-0.25, -0.2) is 0 Å². The van der Waals surface area contributed by atoms with Crippen molar-refractivity contribution >= 4 is 11.9 Å². The zero-order valence-electron chi connectivity index (χ0n) is 15.3. The smallest absolute Gasteiger partial charge is 0.303 e. The van der Waals surface area contributed by atoms with Gasteiger partial charge in [0.2, 0.25) is 0 Å². The second-order valence-corrected chi connectivity index (χ2v) is 7.18. The molecule has 1 fully saturated rings. The number of aryl methyl sites for hydroxylation is 2. The zero-order chi connectivity index (χ0) is 18.7. The lowest BCUT2D eigenvalue weighted by Gasteiger charge is -2.32. The van der Waals surface area contributed by atoms with E-state index in [1.165, 1.54) is 5.56 Å². The number of carbonyl (C=O) groups excluding carboxylic acids is 1. The number of rotatable bonds is 5. The Morgan fingerprint density at radius 3 is 2.85 bits per heavy atom. The molecule has 1 aliphatic rings.